The molecule has 0 spiro atoms. The number of hydrogen-bond acceptors (Lipinski definition) is 4. The van der Waals surface area contributed by atoms with Crippen LogP contribution in [0.5, 0.6) is 0 Å². The van der Waals surface area contributed by atoms with Crippen LogP contribution in [0.1, 0.15) is 21.5 Å². The normalized spacial score (nSPS) is 10.1. The minimum absolute atomic E-state index is 0.0726. The van der Waals surface area contributed by atoms with E-state index in [9.17, 15) is 19.7 Å². The van der Waals surface area contributed by atoms with Crippen molar-refractivity contribution in [3.8, 4) is 0 Å². The highest BCUT2D eigenvalue weighted by molar-refractivity contribution is 5.99. The zero-order chi connectivity index (χ0) is 17.7. The van der Waals surface area contributed by atoms with Crippen LogP contribution in [0.15, 0.2) is 42.5 Å². The van der Waals surface area contributed by atoms with E-state index in [-0.39, 0.29) is 18.1 Å². The third kappa shape index (κ3) is 4.39. The number of nitrogens with zero attached hydrogens (tertiary/aromatic N) is 1. The highest BCUT2D eigenvalue weighted by Gasteiger charge is 2.13. The minimum atomic E-state index is -0.509. The van der Waals surface area contributed by atoms with Gasteiger partial charge in [-0.05, 0) is 32.0 Å². The summed E-state index contributed by atoms with van der Waals surface area (Å²) >= 11 is 0. The lowest BCUT2D eigenvalue weighted by Gasteiger charge is -2.08. The van der Waals surface area contributed by atoms with Crippen molar-refractivity contribution in [2.24, 2.45) is 0 Å². The van der Waals surface area contributed by atoms with Crippen molar-refractivity contribution in [1.82, 2.24) is 5.32 Å². The van der Waals surface area contributed by atoms with Gasteiger partial charge in [0.05, 0.1) is 11.5 Å². The van der Waals surface area contributed by atoms with E-state index in [1.165, 1.54) is 6.07 Å². The molecule has 2 rings (SSSR count). The molecule has 0 unspecified atom stereocenters. The van der Waals surface area contributed by atoms with Gasteiger partial charge in [-0.15, -0.1) is 0 Å². The maximum Gasteiger partial charge on any atom is 0.274 e. The molecule has 7 heteroatoms. The molecular formula is C17H17N3O4. The molecule has 2 aromatic rings. The van der Waals surface area contributed by atoms with Gasteiger partial charge in [0.15, 0.2) is 0 Å². The molecular weight excluding hydrogens is 310 g/mol. The summed E-state index contributed by atoms with van der Waals surface area (Å²) < 4.78 is 0. The van der Waals surface area contributed by atoms with Crippen molar-refractivity contribution in [2.75, 3.05) is 11.9 Å². The molecule has 0 radical (unpaired) electrons. The fraction of sp³-hybridized carbons (Fsp3) is 0.176. The molecule has 0 aliphatic rings. The van der Waals surface area contributed by atoms with E-state index in [0.29, 0.717) is 16.8 Å². The average molecular weight is 327 g/mol. The third-order valence-corrected chi connectivity index (χ3v) is 3.38. The van der Waals surface area contributed by atoms with E-state index in [4.69, 9.17) is 0 Å². The van der Waals surface area contributed by atoms with Crippen molar-refractivity contribution >= 4 is 23.2 Å². The lowest BCUT2D eigenvalue weighted by atomic mass is 10.1. The molecule has 7 nitrogen and oxygen atoms in total. The number of aryl methyl sites for hydroxylation is 2. The van der Waals surface area contributed by atoms with Crippen LogP contribution in [0.25, 0.3) is 0 Å². The number of nitrogens with one attached hydrogen (secondary N) is 2. The molecule has 0 saturated heterocycles. The van der Waals surface area contributed by atoms with Crippen molar-refractivity contribution in [3.63, 3.8) is 0 Å². The SMILES string of the molecule is Cc1cccc(C(=O)NCC(=O)Nc2ccc(C)c([N+](=O)[O-])c2)c1. The Hall–Kier alpha value is -3.22. The molecule has 0 aliphatic carbocycles. The standard InChI is InChI=1S/C17H17N3O4/c1-11-4-3-5-13(8-11)17(22)18-10-16(21)19-14-7-6-12(2)15(9-14)20(23)24/h3-9H,10H2,1-2H3,(H,18,22)(H,19,21). The highest BCUT2D eigenvalue weighted by atomic mass is 16.6. The summed E-state index contributed by atoms with van der Waals surface area (Å²) in [6.07, 6.45) is 0. The van der Waals surface area contributed by atoms with Crippen LogP contribution in [0.3, 0.4) is 0 Å². The second-order valence-electron chi connectivity index (χ2n) is 5.36. The van der Waals surface area contributed by atoms with E-state index >= 15 is 0 Å². The maximum absolute atomic E-state index is 12.0. The molecule has 0 saturated carbocycles. The van der Waals surface area contributed by atoms with Crippen LogP contribution in [-0.4, -0.2) is 23.3 Å². The van der Waals surface area contributed by atoms with Crippen LogP contribution in [0.4, 0.5) is 11.4 Å². The quantitative estimate of drug-likeness (QED) is 0.651. The second kappa shape index (κ2) is 7.36. The van der Waals surface area contributed by atoms with Gasteiger partial charge in [0.2, 0.25) is 5.91 Å². The summed E-state index contributed by atoms with van der Waals surface area (Å²) in [5.74, 6) is -0.821. The summed E-state index contributed by atoms with van der Waals surface area (Å²) in [7, 11) is 0. The van der Waals surface area contributed by atoms with Crippen LogP contribution in [-0.2, 0) is 4.79 Å². The number of nitro benzene ring substituents is 1. The van der Waals surface area contributed by atoms with Gasteiger partial charge in [0.1, 0.15) is 0 Å². The summed E-state index contributed by atoms with van der Waals surface area (Å²) in [5, 5.41) is 15.9. The monoisotopic (exact) mass is 327 g/mol. The average Bonchev–Trinajstić information content (AvgIpc) is 2.54. The Kier molecular flexibility index (Phi) is 5.26. The fourth-order valence-electron chi connectivity index (χ4n) is 2.14. The molecule has 2 N–H and O–H groups in total. The first-order chi connectivity index (χ1) is 11.4. The Balaban J connectivity index is 1.95. The van der Waals surface area contributed by atoms with Crippen LogP contribution in [0.2, 0.25) is 0 Å². The number of amides is 2. The van der Waals surface area contributed by atoms with Gasteiger partial charge in [0.25, 0.3) is 11.6 Å². The Labute approximate surface area is 138 Å². The van der Waals surface area contributed by atoms with E-state index in [2.05, 4.69) is 10.6 Å². The number of carbonyl (C=O) groups excluding carboxylic acids is 2. The van der Waals surface area contributed by atoms with Gasteiger partial charge in [0, 0.05) is 22.9 Å². The topological polar surface area (TPSA) is 101 Å². The van der Waals surface area contributed by atoms with Crippen LogP contribution >= 0.6 is 0 Å². The smallest absolute Gasteiger partial charge is 0.274 e. The molecule has 124 valence electrons. The Morgan fingerprint density at radius 3 is 2.54 bits per heavy atom. The van der Waals surface area contributed by atoms with Gasteiger partial charge >= 0.3 is 0 Å². The number of carbonyl (C=O) groups is 2. The number of benzene rings is 2. The molecule has 2 aromatic carbocycles. The fourth-order valence-corrected chi connectivity index (χ4v) is 2.14. The lowest BCUT2D eigenvalue weighted by Crippen LogP contribution is -2.32. The molecule has 24 heavy (non-hydrogen) atoms. The van der Waals surface area contributed by atoms with E-state index in [1.807, 2.05) is 13.0 Å². The molecule has 0 fully saturated rings. The predicted molar refractivity (Wildman–Crippen MR) is 90.0 cm³/mol. The number of nitro groups is 1. The van der Waals surface area contributed by atoms with Gasteiger partial charge < -0.3 is 10.6 Å². The van der Waals surface area contributed by atoms with Gasteiger partial charge in [-0.25, -0.2) is 0 Å². The summed E-state index contributed by atoms with van der Waals surface area (Å²) in [6, 6.07) is 11.4. The Morgan fingerprint density at radius 2 is 1.88 bits per heavy atom. The number of hydrogen-bond donors (Lipinski definition) is 2. The predicted octanol–water partition coefficient (Wildman–Crippen LogP) is 2.58. The molecule has 0 atom stereocenters. The first-order valence-electron chi connectivity index (χ1n) is 7.26. The molecule has 0 heterocycles. The van der Waals surface area contributed by atoms with Gasteiger partial charge in [-0.2, -0.15) is 0 Å². The van der Waals surface area contributed by atoms with E-state index in [0.717, 1.165) is 5.56 Å². The molecule has 0 aromatic heterocycles. The first-order valence-corrected chi connectivity index (χ1v) is 7.26. The number of rotatable bonds is 5. The van der Waals surface area contributed by atoms with Crippen molar-refractivity contribution in [2.45, 2.75) is 13.8 Å². The van der Waals surface area contributed by atoms with Crippen molar-refractivity contribution in [3.05, 3.63) is 69.3 Å². The maximum atomic E-state index is 12.0. The summed E-state index contributed by atoms with van der Waals surface area (Å²) in [6.45, 7) is 3.26. The van der Waals surface area contributed by atoms with Crippen LogP contribution in [0, 0.1) is 24.0 Å². The molecule has 2 amide bonds. The van der Waals surface area contributed by atoms with Crippen molar-refractivity contribution < 1.29 is 14.5 Å². The van der Waals surface area contributed by atoms with Crippen molar-refractivity contribution in [1.29, 1.82) is 0 Å². The first kappa shape index (κ1) is 17.1. The Morgan fingerprint density at radius 1 is 1.12 bits per heavy atom. The van der Waals surface area contributed by atoms with Gasteiger partial charge in [-0.1, -0.05) is 23.8 Å². The molecule has 0 aliphatic heterocycles. The van der Waals surface area contributed by atoms with E-state index in [1.54, 1.807) is 37.3 Å². The van der Waals surface area contributed by atoms with E-state index < -0.39 is 10.8 Å². The second-order valence-corrected chi connectivity index (χ2v) is 5.36. The van der Waals surface area contributed by atoms with Crippen LogP contribution < -0.4 is 10.6 Å². The summed E-state index contributed by atoms with van der Waals surface area (Å²) in [4.78, 5) is 34.2. The van der Waals surface area contributed by atoms with Gasteiger partial charge in [-0.3, -0.25) is 19.7 Å². The Bertz CT molecular complexity index is 802. The lowest BCUT2D eigenvalue weighted by molar-refractivity contribution is -0.385. The summed E-state index contributed by atoms with van der Waals surface area (Å²) in [5.41, 5.74) is 2.15. The minimum Gasteiger partial charge on any atom is -0.343 e. The molecule has 0 bridgehead atoms. The third-order valence-electron chi connectivity index (χ3n) is 3.38. The highest BCUT2D eigenvalue weighted by Crippen LogP contribution is 2.22. The zero-order valence-electron chi connectivity index (χ0n) is 13.3. The zero-order valence-corrected chi connectivity index (χ0v) is 13.3. The largest absolute Gasteiger partial charge is 0.343 e. The number of anilines is 1.